The van der Waals surface area contributed by atoms with Crippen molar-refractivity contribution < 1.29 is 18.3 Å². The molecule has 3 nitrogen and oxygen atoms in total. The van der Waals surface area contributed by atoms with E-state index in [1.165, 1.54) is 6.07 Å². The molecule has 0 aliphatic carbocycles. The van der Waals surface area contributed by atoms with Gasteiger partial charge in [-0.1, -0.05) is 6.07 Å². The number of methoxy groups -OCH3 is 1. The molecule has 0 atom stereocenters. The number of ether oxygens (including phenoxy) is 2. The molecule has 0 bridgehead atoms. The van der Waals surface area contributed by atoms with Crippen LogP contribution in [0.4, 0.5) is 8.78 Å². The summed E-state index contributed by atoms with van der Waals surface area (Å²) in [5, 5.41) is 0.803. The lowest BCUT2D eigenvalue weighted by Gasteiger charge is -2.11. The summed E-state index contributed by atoms with van der Waals surface area (Å²) in [7, 11) is 1.59. The first-order valence-corrected chi connectivity index (χ1v) is 7.09. The smallest absolute Gasteiger partial charge is 0.159 e. The molecular formula is C18H15F2NO2. The van der Waals surface area contributed by atoms with Crippen LogP contribution in [-0.2, 0) is 6.61 Å². The minimum Gasteiger partial charge on any atom is -0.497 e. The van der Waals surface area contributed by atoms with Gasteiger partial charge in [0, 0.05) is 17.1 Å². The van der Waals surface area contributed by atoms with Crippen LogP contribution in [-0.4, -0.2) is 12.1 Å². The molecule has 3 aromatic rings. The van der Waals surface area contributed by atoms with E-state index in [9.17, 15) is 8.78 Å². The van der Waals surface area contributed by atoms with Crippen LogP contribution in [0, 0.1) is 18.6 Å². The fourth-order valence-electron chi connectivity index (χ4n) is 2.34. The Morgan fingerprint density at radius 1 is 1.00 bits per heavy atom. The van der Waals surface area contributed by atoms with Crippen LogP contribution in [0.5, 0.6) is 11.5 Å². The first-order chi connectivity index (χ1) is 11.1. The van der Waals surface area contributed by atoms with E-state index in [1.807, 2.05) is 31.2 Å². The molecule has 23 heavy (non-hydrogen) atoms. The number of rotatable bonds is 4. The third-order valence-electron chi connectivity index (χ3n) is 3.48. The minimum absolute atomic E-state index is 0.132. The Hall–Kier alpha value is -2.69. The van der Waals surface area contributed by atoms with E-state index in [1.54, 1.807) is 7.11 Å². The van der Waals surface area contributed by atoms with Crippen LogP contribution in [0.15, 0.2) is 42.5 Å². The van der Waals surface area contributed by atoms with Crippen molar-refractivity contribution in [3.63, 3.8) is 0 Å². The topological polar surface area (TPSA) is 31.4 Å². The molecule has 0 saturated heterocycles. The number of halogens is 2. The Labute approximate surface area is 132 Å². The summed E-state index contributed by atoms with van der Waals surface area (Å²) in [5.74, 6) is -0.441. The van der Waals surface area contributed by atoms with Crippen molar-refractivity contribution in [3.8, 4) is 11.5 Å². The number of aryl methyl sites for hydroxylation is 1. The van der Waals surface area contributed by atoms with Crippen LogP contribution in [0.25, 0.3) is 10.9 Å². The fourth-order valence-corrected chi connectivity index (χ4v) is 2.34. The van der Waals surface area contributed by atoms with Crippen molar-refractivity contribution in [3.05, 3.63) is 65.4 Å². The number of nitrogens with zero attached hydrogens (tertiary/aromatic N) is 1. The molecule has 0 spiro atoms. The quantitative estimate of drug-likeness (QED) is 0.714. The third kappa shape index (κ3) is 3.23. The average molecular weight is 315 g/mol. The van der Waals surface area contributed by atoms with Crippen molar-refractivity contribution >= 4 is 10.9 Å². The zero-order valence-corrected chi connectivity index (χ0v) is 12.8. The van der Waals surface area contributed by atoms with Gasteiger partial charge in [0.15, 0.2) is 11.6 Å². The highest BCUT2D eigenvalue weighted by atomic mass is 19.2. The highest BCUT2D eigenvalue weighted by molar-refractivity contribution is 5.86. The Bertz CT molecular complexity index is 865. The molecule has 0 saturated carbocycles. The summed E-state index contributed by atoms with van der Waals surface area (Å²) in [4.78, 5) is 4.45. The van der Waals surface area contributed by atoms with Gasteiger partial charge >= 0.3 is 0 Å². The SMILES string of the molecule is COc1ccc2nc(C)cc(OCc3ccc(F)c(F)c3)c2c1. The second kappa shape index (κ2) is 6.20. The highest BCUT2D eigenvalue weighted by Gasteiger charge is 2.08. The first-order valence-electron chi connectivity index (χ1n) is 7.09. The van der Waals surface area contributed by atoms with Gasteiger partial charge in [-0.05, 0) is 42.8 Å². The molecule has 2 aromatic carbocycles. The molecule has 5 heteroatoms. The summed E-state index contributed by atoms with van der Waals surface area (Å²) in [6.07, 6.45) is 0. The van der Waals surface area contributed by atoms with E-state index in [0.717, 1.165) is 28.7 Å². The first kappa shape index (κ1) is 15.2. The average Bonchev–Trinajstić information content (AvgIpc) is 2.55. The van der Waals surface area contributed by atoms with Gasteiger partial charge in [0.2, 0.25) is 0 Å². The van der Waals surface area contributed by atoms with Gasteiger partial charge in [0.05, 0.1) is 12.6 Å². The molecular weight excluding hydrogens is 300 g/mol. The van der Waals surface area contributed by atoms with Gasteiger partial charge < -0.3 is 9.47 Å². The van der Waals surface area contributed by atoms with Crippen molar-refractivity contribution in [1.29, 1.82) is 0 Å². The predicted octanol–water partition coefficient (Wildman–Crippen LogP) is 4.41. The van der Waals surface area contributed by atoms with Crippen LogP contribution in [0.3, 0.4) is 0 Å². The van der Waals surface area contributed by atoms with E-state index in [-0.39, 0.29) is 6.61 Å². The second-order valence-corrected chi connectivity index (χ2v) is 5.18. The minimum atomic E-state index is -0.886. The van der Waals surface area contributed by atoms with Gasteiger partial charge in [-0.15, -0.1) is 0 Å². The largest absolute Gasteiger partial charge is 0.497 e. The van der Waals surface area contributed by atoms with E-state index >= 15 is 0 Å². The molecule has 1 aromatic heterocycles. The Kier molecular flexibility index (Phi) is 4.10. The lowest BCUT2D eigenvalue weighted by Crippen LogP contribution is -1.99. The van der Waals surface area contributed by atoms with Crippen molar-refractivity contribution in [2.75, 3.05) is 7.11 Å². The molecule has 0 radical (unpaired) electrons. The number of pyridine rings is 1. The van der Waals surface area contributed by atoms with E-state index in [0.29, 0.717) is 17.1 Å². The lowest BCUT2D eigenvalue weighted by molar-refractivity contribution is 0.308. The van der Waals surface area contributed by atoms with Gasteiger partial charge in [-0.2, -0.15) is 0 Å². The monoisotopic (exact) mass is 315 g/mol. The number of fused-ring (bicyclic) bond motifs is 1. The summed E-state index contributed by atoms with van der Waals surface area (Å²) >= 11 is 0. The maximum atomic E-state index is 13.3. The van der Waals surface area contributed by atoms with E-state index < -0.39 is 11.6 Å². The van der Waals surface area contributed by atoms with Crippen LogP contribution in [0.1, 0.15) is 11.3 Å². The molecule has 0 fully saturated rings. The Balaban J connectivity index is 1.93. The molecule has 1 heterocycles. The molecule has 0 N–H and O–H groups in total. The van der Waals surface area contributed by atoms with Gasteiger partial charge in [-0.3, -0.25) is 4.98 Å². The van der Waals surface area contributed by atoms with Crippen molar-refractivity contribution in [2.45, 2.75) is 13.5 Å². The summed E-state index contributed by atoms with van der Waals surface area (Å²) in [6.45, 7) is 2.00. The lowest BCUT2D eigenvalue weighted by atomic mass is 10.1. The van der Waals surface area contributed by atoms with E-state index in [2.05, 4.69) is 4.98 Å². The summed E-state index contributed by atoms with van der Waals surface area (Å²) in [6, 6.07) is 11.0. The molecule has 118 valence electrons. The number of aromatic nitrogens is 1. The molecule has 0 aliphatic rings. The third-order valence-corrected chi connectivity index (χ3v) is 3.48. The normalized spacial score (nSPS) is 10.8. The number of hydrogen-bond acceptors (Lipinski definition) is 3. The fraction of sp³-hybridized carbons (Fsp3) is 0.167. The molecule has 0 unspecified atom stereocenters. The number of hydrogen-bond donors (Lipinski definition) is 0. The highest BCUT2D eigenvalue weighted by Crippen LogP contribution is 2.29. The maximum Gasteiger partial charge on any atom is 0.159 e. The Morgan fingerprint density at radius 3 is 2.57 bits per heavy atom. The van der Waals surface area contributed by atoms with Crippen LogP contribution in [0.2, 0.25) is 0 Å². The van der Waals surface area contributed by atoms with Crippen molar-refractivity contribution in [2.24, 2.45) is 0 Å². The molecule has 3 rings (SSSR count). The Morgan fingerprint density at radius 2 is 1.83 bits per heavy atom. The van der Waals surface area contributed by atoms with Gasteiger partial charge in [0.25, 0.3) is 0 Å². The predicted molar refractivity (Wildman–Crippen MR) is 83.7 cm³/mol. The molecule has 0 amide bonds. The van der Waals surface area contributed by atoms with Gasteiger partial charge in [0.1, 0.15) is 18.1 Å². The number of benzene rings is 2. The summed E-state index contributed by atoms with van der Waals surface area (Å²) in [5.41, 5.74) is 2.14. The van der Waals surface area contributed by atoms with Crippen LogP contribution >= 0.6 is 0 Å². The molecule has 0 aliphatic heterocycles. The van der Waals surface area contributed by atoms with Crippen molar-refractivity contribution in [1.82, 2.24) is 4.98 Å². The zero-order valence-electron chi connectivity index (χ0n) is 12.8. The summed E-state index contributed by atoms with van der Waals surface area (Å²) < 4.78 is 37.3. The standard InChI is InChI=1S/C18H15F2NO2/c1-11-7-18(14-9-13(22-2)4-6-17(14)21-11)23-10-12-3-5-15(19)16(20)8-12/h3-9H,10H2,1-2H3. The van der Waals surface area contributed by atoms with E-state index in [4.69, 9.17) is 9.47 Å². The van der Waals surface area contributed by atoms with Gasteiger partial charge in [-0.25, -0.2) is 8.78 Å². The second-order valence-electron chi connectivity index (χ2n) is 5.18. The maximum absolute atomic E-state index is 13.3. The van der Waals surface area contributed by atoms with Crippen LogP contribution < -0.4 is 9.47 Å². The zero-order chi connectivity index (χ0) is 16.4.